The molecule has 2 nitrogen and oxygen atoms in total. The maximum atomic E-state index is 11.4. The summed E-state index contributed by atoms with van der Waals surface area (Å²) in [7, 11) is 0. The van der Waals surface area contributed by atoms with Crippen molar-refractivity contribution in [2.75, 3.05) is 0 Å². The van der Waals surface area contributed by atoms with Gasteiger partial charge in [0.1, 0.15) is 5.75 Å². The summed E-state index contributed by atoms with van der Waals surface area (Å²) in [4.78, 5) is 11.4. The van der Waals surface area contributed by atoms with Crippen molar-refractivity contribution in [1.82, 2.24) is 0 Å². The van der Waals surface area contributed by atoms with Gasteiger partial charge in [0.15, 0.2) is 5.78 Å². The molecule has 0 aliphatic carbocycles. The van der Waals surface area contributed by atoms with Crippen molar-refractivity contribution in [2.24, 2.45) is 0 Å². The van der Waals surface area contributed by atoms with E-state index in [0.717, 1.165) is 6.42 Å². The topological polar surface area (TPSA) is 37.3 Å². The van der Waals surface area contributed by atoms with Crippen LogP contribution in [0.4, 0.5) is 0 Å². The second-order valence-corrected chi connectivity index (χ2v) is 3.27. The van der Waals surface area contributed by atoms with E-state index in [2.05, 4.69) is 0 Å². The third kappa shape index (κ3) is 2.46. The van der Waals surface area contributed by atoms with Gasteiger partial charge in [0.25, 0.3) is 0 Å². The van der Waals surface area contributed by atoms with Gasteiger partial charge >= 0.3 is 0 Å². The Morgan fingerprint density at radius 1 is 1.54 bits per heavy atom. The van der Waals surface area contributed by atoms with Gasteiger partial charge in [0.05, 0.1) is 5.56 Å². The molecule has 1 aromatic carbocycles. The van der Waals surface area contributed by atoms with Crippen LogP contribution >= 0.6 is 11.6 Å². The number of phenols is 1. The molecular formula is C10H11ClO2. The molecule has 3 heteroatoms. The molecule has 0 bridgehead atoms. The fraction of sp³-hybridized carbons (Fsp3) is 0.300. The standard InChI is InChI=1S/C10H11ClO2/c1-2-3-9(12)8-5-4-7(11)6-10(8)13/h4-6,13H,2-3H2,1H3. The zero-order valence-electron chi connectivity index (χ0n) is 7.38. The van der Waals surface area contributed by atoms with Crippen LogP contribution in [0.2, 0.25) is 5.02 Å². The van der Waals surface area contributed by atoms with Crippen LogP contribution in [-0.2, 0) is 0 Å². The van der Waals surface area contributed by atoms with Gasteiger partial charge in [-0.1, -0.05) is 18.5 Å². The van der Waals surface area contributed by atoms with E-state index in [1.54, 1.807) is 12.1 Å². The van der Waals surface area contributed by atoms with Crippen LogP contribution < -0.4 is 0 Å². The van der Waals surface area contributed by atoms with Gasteiger partial charge in [0, 0.05) is 11.4 Å². The predicted molar refractivity (Wildman–Crippen MR) is 52.4 cm³/mol. The lowest BCUT2D eigenvalue weighted by Gasteiger charge is -2.02. The molecule has 0 aliphatic rings. The zero-order valence-corrected chi connectivity index (χ0v) is 8.14. The maximum Gasteiger partial charge on any atom is 0.166 e. The van der Waals surface area contributed by atoms with E-state index < -0.39 is 0 Å². The van der Waals surface area contributed by atoms with Crippen LogP contribution in [-0.4, -0.2) is 10.9 Å². The highest BCUT2D eigenvalue weighted by Crippen LogP contribution is 2.23. The first-order chi connectivity index (χ1) is 6.15. The molecule has 13 heavy (non-hydrogen) atoms. The van der Waals surface area contributed by atoms with E-state index in [1.807, 2.05) is 6.92 Å². The number of hydrogen-bond donors (Lipinski definition) is 1. The Kier molecular flexibility index (Phi) is 3.32. The molecule has 0 unspecified atom stereocenters. The van der Waals surface area contributed by atoms with Crippen molar-refractivity contribution in [3.05, 3.63) is 28.8 Å². The third-order valence-corrected chi connectivity index (χ3v) is 1.97. The molecule has 70 valence electrons. The third-order valence-electron chi connectivity index (χ3n) is 1.74. The molecule has 0 heterocycles. The molecule has 0 atom stereocenters. The Morgan fingerprint density at radius 2 is 2.23 bits per heavy atom. The second kappa shape index (κ2) is 4.28. The number of benzene rings is 1. The SMILES string of the molecule is CCCC(=O)c1ccc(Cl)cc1O. The summed E-state index contributed by atoms with van der Waals surface area (Å²) in [6, 6.07) is 4.53. The summed E-state index contributed by atoms with van der Waals surface area (Å²) in [5.74, 6) is -0.0809. The molecular weight excluding hydrogens is 188 g/mol. The van der Waals surface area contributed by atoms with Crippen molar-refractivity contribution in [2.45, 2.75) is 19.8 Å². The van der Waals surface area contributed by atoms with Crippen LogP contribution in [0, 0.1) is 0 Å². The first kappa shape index (κ1) is 10.1. The Morgan fingerprint density at radius 3 is 2.77 bits per heavy atom. The van der Waals surface area contributed by atoms with E-state index in [0.29, 0.717) is 17.0 Å². The summed E-state index contributed by atoms with van der Waals surface area (Å²) in [5.41, 5.74) is 0.353. The van der Waals surface area contributed by atoms with E-state index in [1.165, 1.54) is 6.07 Å². The number of ketones is 1. The number of carbonyl (C=O) groups excluding carboxylic acids is 1. The first-order valence-corrected chi connectivity index (χ1v) is 4.54. The Balaban J connectivity index is 2.95. The van der Waals surface area contributed by atoms with E-state index in [-0.39, 0.29) is 11.5 Å². The Bertz CT molecular complexity index is 321. The minimum Gasteiger partial charge on any atom is -0.507 e. The largest absolute Gasteiger partial charge is 0.507 e. The van der Waals surface area contributed by atoms with Crippen LogP contribution in [0.5, 0.6) is 5.75 Å². The van der Waals surface area contributed by atoms with Crippen molar-refractivity contribution in [3.8, 4) is 5.75 Å². The smallest absolute Gasteiger partial charge is 0.166 e. The number of aromatic hydroxyl groups is 1. The number of hydrogen-bond acceptors (Lipinski definition) is 2. The minimum atomic E-state index is -0.0448. The van der Waals surface area contributed by atoms with Gasteiger partial charge in [-0.15, -0.1) is 0 Å². The first-order valence-electron chi connectivity index (χ1n) is 4.17. The highest BCUT2D eigenvalue weighted by molar-refractivity contribution is 6.30. The zero-order chi connectivity index (χ0) is 9.84. The quantitative estimate of drug-likeness (QED) is 0.759. The lowest BCUT2D eigenvalue weighted by atomic mass is 10.1. The van der Waals surface area contributed by atoms with Crippen LogP contribution in [0.1, 0.15) is 30.1 Å². The van der Waals surface area contributed by atoms with E-state index >= 15 is 0 Å². The summed E-state index contributed by atoms with van der Waals surface area (Å²) in [6.07, 6.45) is 1.23. The molecule has 1 N–H and O–H groups in total. The summed E-state index contributed by atoms with van der Waals surface area (Å²) in [6.45, 7) is 1.92. The van der Waals surface area contributed by atoms with Gasteiger partial charge in [-0.3, -0.25) is 4.79 Å². The lowest BCUT2D eigenvalue weighted by molar-refractivity contribution is 0.0979. The predicted octanol–water partition coefficient (Wildman–Crippen LogP) is 3.03. The number of rotatable bonds is 3. The molecule has 0 aliphatic heterocycles. The van der Waals surface area contributed by atoms with Crippen LogP contribution in [0.15, 0.2) is 18.2 Å². The average Bonchev–Trinajstić information content (AvgIpc) is 2.04. The normalized spacial score (nSPS) is 10.0. The van der Waals surface area contributed by atoms with Gasteiger partial charge in [-0.05, 0) is 24.6 Å². The maximum absolute atomic E-state index is 11.4. The number of Topliss-reactive ketones (excluding diaryl/α,β-unsaturated/α-hetero) is 1. The number of halogens is 1. The highest BCUT2D eigenvalue weighted by Gasteiger charge is 2.09. The summed E-state index contributed by atoms with van der Waals surface area (Å²) >= 11 is 5.63. The Hall–Kier alpha value is -1.02. The minimum absolute atomic E-state index is 0.0362. The molecule has 0 saturated heterocycles. The molecule has 0 saturated carbocycles. The molecule has 0 radical (unpaired) electrons. The second-order valence-electron chi connectivity index (χ2n) is 2.83. The molecule has 0 amide bonds. The highest BCUT2D eigenvalue weighted by atomic mass is 35.5. The van der Waals surface area contributed by atoms with Crippen molar-refractivity contribution < 1.29 is 9.90 Å². The van der Waals surface area contributed by atoms with Gasteiger partial charge < -0.3 is 5.11 Å². The molecule has 1 rings (SSSR count). The van der Waals surface area contributed by atoms with Crippen molar-refractivity contribution in [1.29, 1.82) is 0 Å². The van der Waals surface area contributed by atoms with Crippen molar-refractivity contribution >= 4 is 17.4 Å². The van der Waals surface area contributed by atoms with Gasteiger partial charge in [0.2, 0.25) is 0 Å². The molecule has 0 spiro atoms. The fourth-order valence-electron chi connectivity index (χ4n) is 1.10. The number of phenolic OH excluding ortho intramolecular Hbond substituents is 1. The molecule has 0 aromatic heterocycles. The summed E-state index contributed by atoms with van der Waals surface area (Å²) < 4.78 is 0. The van der Waals surface area contributed by atoms with E-state index in [9.17, 15) is 9.90 Å². The van der Waals surface area contributed by atoms with Gasteiger partial charge in [-0.2, -0.15) is 0 Å². The number of carbonyl (C=O) groups is 1. The Labute approximate surface area is 82.2 Å². The van der Waals surface area contributed by atoms with Gasteiger partial charge in [-0.25, -0.2) is 0 Å². The van der Waals surface area contributed by atoms with Crippen LogP contribution in [0.25, 0.3) is 0 Å². The fourth-order valence-corrected chi connectivity index (χ4v) is 1.27. The monoisotopic (exact) mass is 198 g/mol. The van der Waals surface area contributed by atoms with Crippen molar-refractivity contribution in [3.63, 3.8) is 0 Å². The summed E-state index contributed by atoms with van der Waals surface area (Å²) in [5, 5.41) is 9.82. The van der Waals surface area contributed by atoms with E-state index in [4.69, 9.17) is 11.6 Å². The molecule has 0 fully saturated rings. The average molecular weight is 199 g/mol. The van der Waals surface area contributed by atoms with Crippen LogP contribution in [0.3, 0.4) is 0 Å². The molecule has 1 aromatic rings. The lowest BCUT2D eigenvalue weighted by Crippen LogP contribution is -1.97.